The summed E-state index contributed by atoms with van der Waals surface area (Å²) >= 11 is 0. The van der Waals surface area contributed by atoms with E-state index in [1.165, 1.54) is 6.92 Å². The van der Waals surface area contributed by atoms with Crippen molar-refractivity contribution in [1.29, 1.82) is 0 Å². The second-order valence-electron chi connectivity index (χ2n) is 5.24. The van der Waals surface area contributed by atoms with Crippen LogP contribution in [0, 0.1) is 23.3 Å². The molecule has 0 saturated carbocycles. The molecular formula is C13H15F4NO2. The number of ether oxygens (including phenoxy) is 1. The molecule has 0 aliphatic carbocycles. The normalized spacial score (nSPS) is 13.0. The molecule has 0 spiro atoms. The molecule has 0 aromatic heterocycles. The van der Waals surface area contributed by atoms with Gasteiger partial charge >= 0.3 is 5.97 Å². The highest BCUT2D eigenvalue weighted by molar-refractivity contribution is 5.79. The monoisotopic (exact) mass is 293 g/mol. The lowest BCUT2D eigenvalue weighted by Gasteiger charge is -2.23. The predicted molar refractivity (Wildman–Crippen MR) is 65.2 cm³/mol. The van der Waals surface area contributed by atoms with Crippen molar-refractivity contribution in [3.63, 3.8) is 0 Å². The van der Waals surface area contributed by atoms with Gasteiger partial charge < -0.3 is 10.1 Å². The lowest BCUT2D eigenvalue weighted by atomic mass is 10.2. The molecule has 112 valence electrons. The Morgan fingerprint density at radius 2 is 1.60 bits per heavy atom. The smallest absolute Gasteiger partial charge is 0.328 e. The number of esters is 1. The van der Waals surface area contributed by atoms with E-state index in [1.807, 2.05) is 0 Å². The molecule has 1 unspecified atom stereocenters. The molecule has 0 aliphatic heterocycles. The number of benzene rings is 1. The minimum absolute atomic E-state index is 0.0913. The van der Waals surface area contributed by atoms with E-state index in [4.69, 9.17) is 4.74 Å². The highest BCUT2D eigenvalue weighted by Gasteiger charge is 2.26. The molecule has 0 fully saturated rings. The summed E-state index contributed by atoms with van der Waals surface area (Å²) < 4.78 is 57.8. The highest BCUT2D eigenvalue weighted by Crippen LogP contribution is 2.25. The molecule has 3 nitrogen and oxygen atoms in total. The van der Waals surface area contributed by atoms with Crippen LogP contribution in [0.15, 0.2) is 6.07 Å². The van der Waals surface area contributed by atoms with Gasteiger partial charge in [-0.15, -0.1) is 0 Å². The molecule has 0 radical (unpaired) electrons. The molecule has 0 amide bonds. The maximum Gasteiger partial charge on any atom is 0.328 e. The molecule has 0 heterocycles. The van der Waals surface area contributed by atoms with Crippen molar-refractivity contribution in [3.8, 4) is 0 Å². The summed E-state index contributed by atoms with van der Waals surface area (Å²) in [6.45, 7) is 6.09. The van der Waals surface area contributed by atoms with Crippen LogP contribution in [0.4, 0.5) is 23.2 Å². The number of halogens is 4. The molecule has 1 atom stereocenters. The van der Waals surface area contributed by atoms with Crippen LogP contribution in [-0.2, 0) is 9.53 Å². The Hall–Kier alpha value is -1.79. The first kappa shape index (κ1) is 16.3. The minimum Gasteiger partial charge on any atom is -0.458 e. The molecule has 0 saturated heterocycles. The van der Waals surface area contributed by atoms with E-state index in [-0.39, 0.29) is 6.07 Å². The van der Waals surface area contributed by atoms with E-state index in [1.54, 1.807) is 20.8 Å². The summed E-state index contributed by atoms with van der Waals surface area (Å²) in [6, 6.07) is -1.09. The second kappa shape index (κ2) is 5.68. The third-order valence-electron chi connectivity index (χ3n) is 2.23. The first-order chi connectivity index (χ1) is 9.03. The van der Waals surface area contributed by atoms with Gasteiger partial charge in [0.15, 0.2) is 23.3 Å². The number of nitrogens with one attached hydrogen (secondary N) is 1. The van der Waals surface area contributed by atoms with Crippen LogP contribution < -0.4 is 5.32 Å². The van der Waals surface area contributed by atoms with Crippen molar-refractivity contribution >= 4 is 11.7 Å². The number of hydrogen-bond donors (Lipinski definition) is 1. The standard InChI is InChI=1S/C13H15F4NO2/c1-6(12(19)20-13(2,3)4)18-11-9(16)7(14)5-8(15)10(11)17/h5-6,18H,1-4H3. The summed E-state index contributed by atoms with van der Waals surface area (Å²) in [4.78, 5) is 11.6. The first-order valence-corrected chi connectivity index (χ1v) is 5.85. The zero-order chi connectivity index (χ0) is 15.7. The average molecular weight is 293 g/mol. The van der Waals surface area contributed by atoms with Gasteiger partial charge in [0.2, 0.25) is 0 Å². The summed E-state index contributed by atoms with van der Waals surface area (Å²) in [7, 11) is 0. The van der Waals surface area contributed by atoms with Crippen LogP contribution in [0.1, 0.15) is 27.7 Å². The van der Waals surface area contributed by atoms with Gasteiger partial charge in [-0.2, -0.15) is 0 Å². The third kappa shape index (κ3) is 3.85. The molecule has 1 rings (SSSR count). The van der Waals surface area contributed by atoms with Crippen molar-refractivity contribution < 1.29 is 27.1 Å². The summed E-state index contributed by atoms with van der Waals surface area (Å²) in [5.41, 5.74) is -1.84. The van der Waals surface area contributed by atoms with E-state index < -0.39 is 46.6 Å². The number of carbonyl (C=O) groups excluding carboxylic acids is 1. The Morgan fingerprint density at radius 1 is 1.15 bits per heavy atom. The lowest BCUT2D eigenvalue weighted by molar-refractivity contribution is -0.155. The Labute approximate surface area is 113 Å². The van der Waals surface area contributed by atoms with Gasteiger partial charge in [-0.05, 0) is 27.7 Å². The van der Waals surface area contributed by atoms with E-state index in [0.29, 0.717) is 0 Å². The van der Waals surface area contributed by atoms with Crippen LogP contribution in [0.5, 0.6) is 0 Å². The Morgan fingerprint density at radius 3 is 2.00 bits per heavy atom. The quantitative estimate of drug-likeness (QED) is 0.527. The van der Waals surface area contributed by atoms with E-state index in [9.17, 15) is 22.4 Å². The van der Waals surface area contributed by atoms with Crippen molar-refractivity contribution in [2.75, 3.05) is 5.32 Å². The zero-order valence-electron chi connectivity index (χ0n) is 11.5. The molecule has 20 heavy (non-hydrogen) atoms. The van der Waals surface area contributed by atoms with Crippen molar-refractivity contribution in [2.45, 2.75) is 39.3 Å². The molecule has 0 aliphatic rings. The Kier molecular flexibility index (Phi) is 4.62. The van der Waals surface area contributed by atoms with E-state index >= 15 is 0 Å². The summed E-state index contributed by atoms with van der Waals surface area (Å²) in [5, 5.41) is 2.08. The van der Waals surface area contributed by atoms with Gasteiger partial charge in [0.25, 0.3) is 0 Å². The molecule has 1 aromatic carbocycles. The number of rotatable bonds is 3. The SMILES string of the molecule is CC(Nc1c(F)c(F)cc(F)c1F)C(=O)OC(C)(C)C. The first-order valence-electron chi connectivity index (χ1n) is 5.85. The lowest BCUT2D eigenvalue weighted by Crippen LogP contribution is -2.35. The average Bonchev–Trinajstić information content (AvgIpc) is 2.29. The van der Waals surface area contributed by atoms with Crippen LogP contribution in [0.3, 0.4) is 0 Å². The van der Waals surface area contributed by atoms with Crippen LogP contribution in [0.2, 0.25) is 0 Å². The van der Waals surface area contributed by atoms with E-state index in [0.717, 1.165) is 0 Å². The fraction of sp³-hybridized carbons (Fsp3) is 0.462. The Bertz CT molecular complexity index is 500. The minimum atomic E-state index is -1.60. The van der Waals surface area contributed by atoms with Crippen molar-refractivity contribution in [3.05, 3.63) is 29.3 Å². The van der Waals surface area contributed by atoms with Gasteiger partial charge in [0.1, 0.15) is 17.3 Å². The second-order valence-corrected chi connectivity index (χ2v) is 5.24. The number of carbonyl (C=O) groups is 1. The maximum absolute atomic E-state index is 13.4. The number of hydrogen-bond acceptors (Lipinski definition) is 3. The summed E-state index contributed by atoms with van der Waals surface area (Å²) in [5.74, 6) is -7.11. The summed E-state index contributed by atoms with van der Waals surface area (Å²) in [6.07, 6.45) is 0. The van der Waals surface area contributed by atoms with Gasteiger partial charge in [0.05, 0.1) is 0 Å². The van der Waals surface area contributed by atoms with Crippen molar-refractivity contribution in [1.82, 2.24) is 0 Å². The van der Waals surface area contributed by atoms with Crippen LogP contribution in [-0.4, -0.2) is 17.6 Å². The van der Waals surface area contributed by atoms with Crippen LogP contribution >= 0.6 is 0 Å². The van der Waals surface area contributed by atoms with Crippen LogP contribution in [0.25, 0.3) is 0 Å². The van der Waals surface area contributed by atoms with Gasteiger partial charge in [-0.3, -0.25) is 0 Å². The predicted octanol–water partition coefficient (Wildman–Crippen LogP) is 3.39. The molecule has 1 N–H and O–H groups in total. The fourth-order valence-electron chi connectivity index (χ4n) is 1.37. The van der Waals surface area contributed by atoms with Gasteiger partial charge in [-0.1, -0.05) is 0 Å². The number of anilines is 1. The van der Waals surface area contributed by atoms with Crippen molar-refractivity contribution in [2.24, 2.45) is 0 Å². The molecule has 1 aromatic rings. The van der Waals surface area contributed by atoms with Gasteiger partial charge in [0, 0.05) is 6.07 Å². The molecule has 7 heteroatoms. The fourth-order valence-corrected chi connectivity index (χ4v) is 1.37. The molecule has 0 bridgehead atoms. The third-order valence-corrected chi connectivity index (χ3v) is 2.23. The highest BCUT2D eigenvalue weighted by atomic mass is 19.2. The maximum atomic E-state index is 13.4. The zero-order valence-corrected chi connectivity index (χ0v) is 11.5. The largest absolute Gasteiger partial charge is 0.458 e. The van der Waals surface area contributed by atoms with E-state index in [2.05, 4.69) is 5.32 Å². The Balaban J connectivity index is 2.97. The topological polar surface area (TPSA) is 38.3 Å². The van der Waals surface area contributed by atoms with Gasteiger partial charge in [-0.25, -0.2) is 22.4 Å². The molecular weight excluding hydrogens is 278 g/mol.